The molecule has 0 bridgehead atoms. The van der Waals surface area contributed by atoms with Crippen molar-refractivity contribution in [2.45, 2.75) is 19.9 Å². The van der Waals surface area contributed by atoms with Crippen LogP contribution in [-0.2, 0) is 7.05 Å². The quantitative estimate of drug-likeness (QED) is 0.803. The lowest BCUT2D eigenvalue weighted by Crippen LogP contribution is -2.27. The summed E-state index contributed by atoms with van der Waals surface area (Å²) in [5, 5.41) is 9.57. The molecule has 114 valence electrons. The summed E-state index contributed by atoms with van der Waals surface area (Å²) in [6.45, 7) is 3.91. The van der Waals surface area contributed by atoms with Crippen LogP contribution in [0.15, 0.2) is 34.4 Å². The first kappa shape index (κ1) is 14.5. The molecule has 0 aliphatic heterocycles. The molecule has 3 heterocycles. The van der Waals surface area contributed by atoms with Gasteiger partial charge in [-0.1, -0.05) is 0 Å². The van der Waals surface area contributed by atoms with Crippen LogP contribution in [-0.4, -0.2) is 20.7 Å². The molecule has 7 heteroatoms. The van der Waals surface area contributed by atoms with Crippen molar-refractivity contribution >= 4 is 17.2 Å². The largest absolute Gasteiger partial charge is 0.462 e. The van der Waals surface area contributed by atoms with Crippen molar-refractivity contribution in [3.63, 3.8) is 0 Å². The molecule has 0 spiro atoms. The summed E-state index contributed by atoms with van der Waals surface area (Å²) >= 11 is 1.38. The van der Waals surface area contributed by atoms with Gasteiger partial charge >= 0.3 is 0 Å². The zero-order valence-electron chi connectivity index (χ0n) is 12.5. The van der Waals surface area contributed by atoms with Gasteiger partial charge in [-0.2, -0.15) is 5.10 Å². The molecule has 0 saturated heterocycles. The van der Waals surface area contributed by atoms with Crippen LogP contribution in [0.4, 0.5) is 0 Å². The van der Waals surface area contributed by atoms with Gasteiger partial charge in [0.15, 0.2) is 10.8 Å². The number of furan rings is 1. The summed E-state index contributed by atoms with van der Waals surface area (Å²) in [5.74, 6) is 0.463. The molecule has 0 fully saturated rings. The Bertz CT molecular complexity index is 788. The average molecular weight is 316 g/mol. The first-order valence-corrected chi connectivity index (χ1v) is 7.73. The number of nitrogens with zero attached hydrogens (tertiary/aromatic N) is 3. The lowest BCUT2D eigenvalue weighted by atomic mass is 10.1. The Labute approximate surface area is 131 Å². The molecule has 0 aromatic carbocycles. The molecule has 0 aliphatic rings. The van der Waals surface area contributed by atoms with Crippen LogP contribution in [0.3, 0.4) is 0 Å². The molecule has 0 unspecified atom stereocenters. The highest BCUT2D eigenvalue weighted by molar-refractivity contribution is 7.13. The third kappa shape index (κ3) is 2.67. The second kappa shape index (κ2) is 5.76. The van der Waals surface area contributed by atoms with Crippen molar-refractivity contribution in [2.24, 2.45) is 7.05 Å². The normalized spacial score (nSPS) is 12.3. The molecule has 1 amide bonds. The first-order valence-electron chi connectivity index (χ1n) is 6.85. The molecular formula is C15H16N4O2S. The molecule has 0 saturated carbocycles. The number of aromatic nitrogens is 3. The fraction of sp³-hybridized carbons (Fsp3) is 0.267. The molecule has 3 aromatic heterocycles. The predicted molar refractivity (Wildman–Crippen MR) is 83.6 cm³/mol. The third-order valence-corrected chi connectivity index (χ3v) is 4.41. The second-order valence-electron chi connectivity index (χ2n) is 5.02. The summed E-state index contributed by atoms with van der Waals surface area (Å²) in [4.78, 5) is 16.6. The van der Waals surface area contributed by atoms with Gasteiger partial charge in [0, 0.05) is 23.7 Å². The van der Waals surface area contributed by atoms with Crippen molar-refractivity contribution in [3.05, 3.63) is 46.9 Å². The van der Waals surface area contributed by atoms with E-state index in [1.807, 2.05) is 27.0 Å². The van der Waals surface area contributed by atoms with Gasteiger partial charge in [0.1, 0.15) is 5.69 Å². The highest BCUT2D eigenvalue weighted by atomic mass is 32.1. The van der Waals surface area contributed by atoms with Gasteiger partial charge in [0.25, 0.3) is 5.91 Å². The minimum absolute atomic E-state index is 0.130. The van der Waals surface area contributed by atoms with E-state index in [2.05, 4.69) is 15.4 Å². The fourth-order valence-corrected chi connectivity index (χ4v) is 2.95. The Hall–Kier alpha value is -2.41. The van der Waals surface area contributed by atoms with Gasteiger partial charge in [-0.25, -0.2) is 4.98 Å². The number of hydrogen-bond donors (Lipinski definition) is 1. The molecule has 3 aromatic rings. The van der Waals surface area contributed by atoms with E-state index in [1.165, 1.54) is 11.3 Å². The number of nitrogens with one attached hydrogen (secondary N) is 1. The van der Waals surface area contributed by atoms with E-state index in [0.717, 1.165) is 11.3 Å². The number of hydrogen-bond acceptors (Lipinski definition) is 5. The van der Waals surface area contributed by atoms with E-state index < -0.39 is 0 Å². The summed E-state index contributed by atoms with van der Waals surface area (Å²) in [6, 6.07) is 3.49. The van der Waals surface area contributed by atoms with Crippen molar-refractivity contribution in [1.82, 2.24) is 20.1 Å². The zero-order valence-corrected chi connectivity index (χ0v) is 13.3. The molecule has 1 atom stereocenters. The maximum absolute atomic E-state index is 12.3. The third-order valence-electron chi connectivity index (χ3n) is 3.56. The number of carbonyl (C=O) groups excluding carboxylic acids is 1. The highest BCUT2D eigenvalue weighted by Gasteiger charge is 2.18. The van der Waals surface area contributed by atoms with Crippen molar-refractivity contribution in [2.75, 3.05) is 0 Å². The van der Waals surface area contributed by atoms with Gasteiger partial charge < -0.3 is 9.73 Å². The van der Waals surface area contributed by atoms with Gasteiger partial charge in [0.05, 0.1) is 18.5 Å². The van der Waals surface area contributed by atoms with Crippen molar-refractivity contribution in [1.29, 1.82) is 0 Å². The van der Waals surface area contributed by atoms with Crippen LogP contribution >= 0.6 is 11.3 Å². The van der Waals surface area contributed by atoms with E-state index in [1.54, 1.807) is 28.6 Å². The molecule has 6 nitrogen and oxygen atoms in total. The van der Waals surface area contributed by atoms with Crippen molar-refractivity contribution in [3.8, 4) is 10.8 Å². The van der Waals surface area contributed by atoms with Gasteiger partial charge in [-0.3, -0.25) is 9.48 Å². The lowest BCUT2D eigenvalue weighted by Gasteiger charge is -2.12. The maximum atomic E-state index is 12.3. The van der Waals surface area contributed by atoms with E-state index >= 15 is 0 Å². The van der Waals surface area contributed by atoms with Crippen LogP contribution in [0.1, 0.15) is 34.7 Å². The highest BCUT2D eigenvalue weighted by Crippen LogP contribution is 2.24. The van der Waals surface area contributed by atoms with E-state index in [9.17, 15) is 4.79 Å². The minimum Gasteiger partial charge on any atom is -0.462 e. The number of carbonyl (C=O) groups is 1. The van der Waals surface area contributed by atoms with Crippen LogP contribution in [0.25, 0.3) is 10.8 Å². The van der Waals surface area contributed by atoms with E-state index in [0.29, 0.717) is 16.5 Å². The maximum Gasteiger partial charge on any atom is 0.271 e. The number of thiazole rings is 1. The molecule has 22 heavy (non-hydrogen) atoms. The summed E-state index contributed by atoms with van der Waals surface area (Å²) in [5.41, 5.74) is 2.42. The molecular weight excluding hydrogens is 300 g/mol. The summed E-state index contributed by atoms with van der Waals surface area (Å²) in [7, 11) is 1.88. The topological polar surface area (TPSA) is 73.0 Å². The SMILES string of the molecule is Cc1c([C@H](C)NC(=O)c2csc(-c3ccco3)n2)cnn1C. The lowest BCUT2D eigenvalue weighted by molar-refractivity contribution is 0.0935. The number of amides is 1. The first-order chi connectivity index (χ1) is 10.6. The van der Waals surface area contributed by atoms with E-state index in [-0.39, 0.29) is 11.9 Å². The predicted octanol–water partition coefficient (Wildman–Crippen LogP) is 2.94. The van der Waals surface area contributed by atoms with Crippen molar-refractivity contribution < 1.29 is 9.21 Å². The standard InChI is InChI=1S/C15H16N4O2S/c1-9(11-7-16-19(3)10(11)2)17-14(20)12-8-22-15(18-12)13-5-4-6-21-13/h4-9H,1-3H3,(H,17,20)/t9-/m0/s1. The van der Waals surface area contributed by atoms with Gasteiger partial charge in [0.2, 0.25) is 0 Å². The molecule has 1 N–H and O–H groups in total. The van der Waals surface area contributed by atoms with Crippen LogP contribution in [0, 0.1) is 6.92 Å². The van der Waals surface area contributed by atoms with Crippen LogP contribution in [0.5, 0.6) is 0 Å². The Morgan fingerprint density at radius 3 is 2.95 bits per heavy atom. The minimum atomic E-state index is -0.204. The van der Waals surface area contributed by atoms with Gasteiger partial charge in [-0.15, -0.1) is 11.3 Å². The van der Waals surface area contributed by atoms with Crippen LogP contribution < -0.4 is 5.32 Å². The summed E-state index contributed by atoms with van der Waals surface area (Å²) in [6.07, 6.45) is 3.36. The monoisotopic (exact) mass is 316 g/mol. The molecule has 0 aliphatic carbocycles. The Morgan fingerprint density at radius 1 is 1.50 bits per heavy atom. The Morgan fingerprint density at radius 2 is 2.32 bits per heavy atom. The number of aryl methyl sites for hydroxylation is 1. The fourth-order valence-electron chi connectivity index (χ4n) is 2.18. The van der Waals surface area contributed by atoms with Crippen LogP contribution in [0.2, 0.25) is 0 Å². The smallest absolute Gasteiger partial charge is 0.271 e. The molecule has 0 radical (unpaired) electrons. The Balaban J connectivity index is 1.73. The number of rotatable bonds is 4. The Kier molecular flexibility index (Phi) is 3.81. The molecule has 3 rings (SSSR count). The zero-order chi connectivity index (χ0) is 15.7. The second-order valence-corrected chi connectivity index (χ2v) is 5.88. The van der Waals surface area contributed by atoms with Gasteiger partial charge in [-0.05, 0) is 26.0 Å². The van der Waals surface area contributed by atoms with E-state index in [4.69, 9.17) is 4.42 Å². The summed E-state index contributed by atoms with van der Waals surface area (Å²) < 4.78 is 7.07. The average Bonchev–Trinajstić information content (AvgIpc) is 3.21.